The molecule has 0 radical (unpaired) electrons. The number of anilines is 1. The maximum absolute atomic E-state index is 12.5. The number of fused-ring (bicyclic) bond motifs is 1. The van der Waals surface area contributed by atoms with Crippen molar-refractivity contribution in [3.63, 3.8) is 0 Å². The molecule has 0 aliphatic carbocycles. The molecule has 102 valence electrons. The van der Waals surface area contributed by atoms with Gasteiger partial charge in [-0.1, -0.05) is 39.0 Å². The zero-order valence-electron chi connectivity index (χ0n) is 11.5. The lowest BCUT2D eigenvalue weighted by molar-refractivity contribution is -0.138. The summed E-state index contributed by atoms with van der Waals surface area (Å²) in [4.78, 5) is 25.4. The molecule has 2 atom stereocenters. The summed E-state index contributed by atoms with van der Waals surface area (Å²) in [6, 6.07) is 7.27. The van der Waals surface area contributed by atoms with Gasteiger partial charge in [-0.15, -0.1) is 0 Å². The van der Waals surface area contributed by atoms with E-state index in [1.54, 1.807) is 11.0 Å². The Hall–Kier alpha value is -1.84. The molecule has 0 unspecified atom stereocenters. The van der Waals surface area contributed by atoms with Gasteiger partial charge in [0.05, 0.1) is 0 Å². The van der Waals surface area contributed by atoms with Crippen LogP contribution in [0.3, 0.4) is 0 Å². The topological polar surface area (TPSA) is 57.6 Å². The predicted octanol–water partition coefficient (Wildman–Crippen LogP) is 2.49. The Morgan fingerprint density at radius 1 is 1.26 bits per heavy atom. The number of carboxylic acids is 1. The molecule has 19 heavy (non-hydrogen) atoms. The van der Waals surface area contributed by atoms with Gasteiger partial charge < -0.3 is 10.0 Å². The Balaban J connectivity index is 2.35. The minimum Gasteiger partial charge on any atom is -0.481 e. The molecular formula is C15H19NO3. The molecule has 1 amide bonds. The number of nitrogens with zero attached hydrogens (tertiary/aromatic N) is 1. The molecule has 0 fully saturated rings. The number of carbonyl (C=O) groups excluding carboxylic acids is 1. The minimum atomic E-state index is -0.875. The second kappa shape index (κ2) is 5.03. The number of hydrogen-bond donors (Lipinski definition) is 1. The lowest BCUT2D eigenvalue weighted by atomic mass is 9.96. The average molecular weight is 261 g/mol. The standard InChI is InChI=1S/C15H19NO3/c1-9(2)10(3)14(17)16-8-12(15(18)19)11-6-4-5-7-13(11)16/h4-7,9-10,12H,8H2,1-3H3,(H,18,19)/t10-,12-/m1/s1. The van der Waals surface area contributed by atoms with Crippen molar-refractivity contribution in [3.8, 4) is 0 Å². The van der Waals surface area contributed by atoms with Crippen LogP contribution < -0.4 is 4.90 Å². The molecule has 4 heteroatoms. The van der Waals surface area contributed by atoms with Crippen molar-refractivity contribution >= 4 is 17.6 Å². The quantitative estimate of drug-likeness (QED) is 0.909. The van der Waals surface area contributed by atoms with E-state index in [1.807, 2.05) is 39.0 Å². The molecule has 1 heterocycles. The fourth-order valence-corrected chi connectivity index (χ4v) is 2.36. The van der Waals surface area contributed by atoms with Gasteiger partial charge in [-0.2, -0.15) is 0 Å². The number of carbonyl (C=O) groups is 2. The van der Waals surface area contributed by atoms with Crippen LogP contribution in [0, 0.1) is 11.8 Å². The first kappa shape index (κ1) is 13.6. The zero-order valence-corrected chi connectivity index (χ0v) is 11.5. The van der Waals surface area contributed by atoms with Crippen molar-refractivity contribution in [1.82, 2.24) is 0 Å². The van der Waals surface area contributed by atoms with E-state index in [1.165, 1.54) is 0 Å². The number of para-hydroxylation sites is 1. The van der Waals surface area contributed by atoms with Gasteiger partial charge in [0.1, 0.15) is 5.92 Å². The normalized spacial score (nSPS) is 19.4. The van der Waals surface area contributed by atoms with E-state index < -0.39 is 11.9 Å². The Kier molecular flexibility index (Phi) is 3.60. The van der Waals surface area contributed by atoms with E-state index in [0.717, 1.165) is 11.3 Å². The molecule has 2 rings (SSSR count). The SMILES string of the molecule is CC(C)[C@@H](C)C(=O)N1C[C@@H](C(=O)O)c2ccccc21. The molecule has 1 N–H and O–H groups in total. The van der Waals surface area contributed by atoms with Crippen LogP contribution in [0.4, 0.5) is 5.69 Å². The van der Waals surface area contributed by atoms with Crippen molar-refractivity contribution < 1.29 is 14.7 Å². The summed E-state index contributed by atoms with van der Waals surface area (Å²) < 4.78 is 0. The third kappa shape index (κ3) is 2.35. The van der Waals surface area contributed by atoms with Crippen molar-refractivity contribution in [3.05, 3.63) is 29.8 Å². The highest BCUT2D eigenvalue weighted by molar-refractivity contribution is 6.00. The Labute approximate surface area is 113 Å². The molecule has 0 spiro atoms. The van der Waals surface area contributed by atoms with E-state index in [9.17, 15) is 14.7 Å². The van der Waals surface area contributed by atoms with Crippen molar-refractivity contribution in [2.45, 2.75) is 26.7 Å². The van der Waals surface area contributed by atoms with Crippen LogP contribution in [0.2, 0.25) is 0 Å². The molecule has 1 aromatic carbocycles. The van der Waals surface area contributed by atoms with E-state index in [4.69, 9.17) is 0 Å². The smallest absolute Gasteiger partial charge is 0.312 e. The van der Waals surface area contributed by atoms with Crippen LogP contribution in [0.5, 0.6) is 0 Å². The summed E-state index contributed by atoms with van der Waals surface area (Å²) >= 11 is 0. The fraction of sp³-hybridized carbons (Fsp3) is 0.467. The lowest BCUT2D eigenvalue weighted by Gasteiger charge is -2.23. The molecule has 4 nitrogen and oxygen atoms in total. The van der Waals surface area contributed by atoms with Crippen LogP contribution in [0.1, 0.15) is 32.3 Å². The second-order valence-corrected chi connectivity index (χ2v) is 5.43. The molecule has 1 aliphatic rings. The van der Waals surface area contributed by atoms with Gasteiger partial charge in [0.2, 0.25) is 5.91 Å². The number of rotatable bonds is 3. The summed E-state index contributed by atoms with van der Waals surface area (Å²) in [5.74, 6) is -1.35. The summed E-state index contributed by atoms with van der Waals surface area (Å²) in [5.41, 5.74) is 1.48. The molecule has 0 saturated carbocycles. The highest BCUT2D eigenvalue weighted by Gasteiger charge is 2.37. The third-order valence-corrected chi connectivity index (χ3v) is 3.92. The first-order valence-electron chi connectivity index (χ1n) is 6.56. The van der Waals surface area contributed by atoms with Gasteiger partial charge in [0.25, 0.3) is 0 Å². The summed E-state index contributed by atoms with van der Waals surface area (Å²) in [5, 5.41) is 9.27. The molecule has 0 saturated heterocycles. The first-order valence-corrected chi connectivity index (χ1v) is 6.56. The fourth-order valence-electron chi connectivity index (χ4n) is 2.36. The van der Waals surface area contributed by atoms with Crippen LogP contribution in [-0.4, -0.2) is 23.5 Å². The summed E-state index contributed by atoms with van der Waals surface area (Å²) in [6.45, 7) is 6.13. The van der Waals surface area contributed by atoms with E-state index in [0.29, 0.717) is 0 Å². The molecule has 0 bridgehead atoms. The number of benzene rings is 1. The van der Waals surface area contributed by atoms with Gasteiger partial charge in [-0.05, 0) is 17.5 Å². The predicted molar refractivity (Wildman–Crippen MR) is 73.2 cm³/mol. The third-order valence-electron chi connectivity index (χ3n) is 3.92. The Morgan fingerprint density at radius 3 is 2.47 bits per heavy atom. The molecule has 1 aromatic rings. The van der Waals surface area contributed by atoms with Gasteiger partial charge >= 0.3 is 5.97 Å². The second-order valence-electron chi connectivity index (χ2n) is 5.43. The number of hydrogen-bond acceptors (Lipinski definition) is 2. The van der Waals surface area contributed by atoms with Gasteiger partial charge in [-0.3, -0.25) is 9.59 Å². The van der Waals surface area contributed by atoms with Crippen LogP contribution >= 0.6 is 0 Å². The van der Waals surface area contributed by atoms with E-state index in [2.05, 4.69) is 0 Å². The summed E-state index contributed by atoms with van der Waals surface area (Å²) in [7, 11) is 0. The highest BCUT2D eigenvalue weighted by atomic mass is 16.4. The van der Waals surface area contributed by atoms with Gasteiger partial charge in [0.15, 0.2) is 0 Å². The number of aliphatic carboxylic acids is 1. The maximum atomic E-state index is 12.5. The largest absolute Gasteiger partial charge is 0.481 e. The van der Waals surface area contributed by atoms with Crippen molar-refractivity contribution in [1.29, 1.82) is 0 Å². The lowest BCUT2D eigenvalue weighted by Crippen LogP contribution is -2.37. The minimum absolute atomic E-state index is 0.00574. The summed E-state index contributed by atoms with van der Waals surface area (Å²) in [6.07, 6.45) is 0. The van der Waals surface area contributed by atoms with Gasteiger partial charge in [-0.25, -0.2) is 0 Å². The Bertz CT molecular complexity index is 510. The van der Waals surface area contributed by atoms with E-state index >= 15 is 0 Å². The van der Waals surface area contributed by atoms with E-state index in [-0.39, 0.29) is 24.3 Å². The first-order chi connectivity index (χ1) is 8.93. The monoisotopic (exact) mass is 261 g/mol. The molecule has 1 aliphatic heterocycles. The molecule has 0 aromatic heterocycles. The van der Waals surface area contributed by atoms with Crippen LogP contribution in [0.15, 0.2) is 24.3 Å². The number of amides is 1. The van der Waals surface area contributed by atoms with Crippen LogP contribution in [0.25, 0.3) is 0 Å². The maximum Gasteiger partial charge on any atom is 0.312 e. The zero-order chi connectivity index (χ0) is 14.2. The Morgan fingerprint density at radius 2 is 1.89 bits per heavy atom. The highest BCUT2D eigenvalue weighted by Crippen LogP contribution is 2.37. The molecular weight excluding hydrogens is 242 g/mol. The average Bonchev–Trinajstić information content (AvgIpc) is 2.76. The number of carboxylic acid groups (broad SMARTS) is 1. The van der Waals surface area contributed by atoms with Crippen molar-refractivity contribution in [2.75, 3.05) is 11.4 Å². The van der Waals surface area contributed by atoms with Gasteiger partial charge in [0, 0.05) is 18.2 Å². The van der Waals surface area contributed by atoms with Crippen molar-refractivity contribution in [2.24, 2.45) is 11.8 Å². The van der Waals surface area contributed by atoms with Crippen LogP contribution in [-0.2, 0) is 9.59 Å².